The second-order valence-electron chi connectivity index (χ2n) is 11.3. The third kappa shape index (κ3) is 6.31. The van der Waals surface area contributed by atoms with Crippen LogP contribution in [0.2, 0.25) is 0 Å². The van der Waals surface area contributed by atoms with Gasteiger partial charge in [0.25, 0.3) is 0 Å². The predicted octanol–water partition coefficient (Wildman–Crippen LogP) is 4.62. The van der Waals surface area contributed by atoms with Gasteiger partial charge < -0.3 is 14.1 Å². The molecule has 0 aliphatic carbocycles. The number of nitrogens with one attached hydrogen (secondary N) is 1. The van der Waals surface area contributed by atoms with Gasteiger partial charge in [0.15, 0.2) is 5.58 Å². The van der Waals surface area contributed by atoms with Gasteiger partial charge in [0.1, 0.15) is 23.5 Å². The number of carbonyl (C=O) groups is 1. The fourth-order valence-electron chi connectivity index (χ4n) is 6.03. The van der Waals surface area contributed by atoms with E-state index in [0.717, 1.165) is 17.0 Å². The summed E-state index contributed by atoms with van der Waals surface area (Å²) >= 11 is 0. The number of halogens is 5. The SMILES string of the molecule is C[C@@H]1Cc2c(ccc3[nH]c(=O)oc23)[C@@H](c2c(F)cc(O[C@@H]3CCN(CCCC(=O)N(C)C)C3)cc2F)N1CC(F)(F)F. The van der Waals surface area contributed by atoms with Crippen LogP contribution in [-0.4, -0.2) is 84.2 Å². The maximum atomic E-state index is 15.7. The molecule has 5 rings (SSSR count). The third-order valence-electron chi connectivity index (χ3n) is 8.00. The summed E-state index contributed by atoms with van der Waals surface area (Å²) in [7, 11) is 3.40. The molecule has 1 amide bonds. The van der Waals surface area contributed by atoms with Crippen LogP contribution in [0.25, 0.3) is 11.1 Å². The number of hydrogen-bond acceptors (Lipinski definition) is 6. The number of aromatic amines is 1. The Bertz CT molecular complexity index is 1490. The Morgan fingerprint density at radius 2 is 1.90 bits per heavy atom. The normalized spacial score (nSPS) is 21.6. The van der Waals surface area contributed by atoms with E-state index in [0.29, 0.717) is 50.0 Å². The molecule has 13 heteroatoms. The lowest BCUT2D eigenvalue weighted by molar-refractivity contribution is -0.155. The monoisotopic (exact) mass is 596 g/mol. The van der Waals surface area contributed by atoms with Gasteiger partial charge >= 0.3 is 11.9 Å². The number of oxazole rings is 1. The first-order chi connectivity index (χ1) is 19.8. The number of likely N-dealkylation sites (tertiary alicyclic amines) is 1. The number of fused-ring (bicyclic) bond motifs is 3. The van der Waals surface area contributed by atoms with Crippen LogP contribution in [0.1, 0.15) is 48.9 Å². The lowest BCUT2D eigenvalue weighted by atomic mass is 9.84. The van der Waals surface area contributed by atoms with E-state index in [4.69, 9.17) is 9.15 Å². The molecule has 8 nitrogen and oxygen atoms in total. The van der Waals surface area contributed by atoms with E-state index in [9.17, 15) is 22.8 Å². The molecule has 1 aromatic heterocycles. The summed E-state index contributed by atoms with van der Waals surface area (Å²) < 4.78 is 83.7. The Morgan fingerprint density at radius 1 is 1.19 bits per heavy atom. The standard InChI is InChI=1S/C29H33F5N4O4/c1-16-11-20-19(6-7-23-27(20)42-28(40)35-23)26(38(16)15-29(32,33)34)25-21(30)12-18(13-22(25)31)41-17-8-10-37(14-17)9-4-5-24(39)36(2)3/h6-7,12-13,16-17,26H,4-5,8-11,14-15H2,1-3H3,(H,35,40)/t16-,17-,26+/m1/s1. The van der Waals surface area contributed by atoms with Gasteiger partial charge in [-0.2, -0.15) is 13.2 Å². The molecule has 2 aliphatic rings. The second kappa shape index (κ2) is 11.7. The number of benzene rings is 2. The molecular formula is C29H33F5N4O4. The van der Waals surface area contributed by atoms with Crippen LogP contribution < -0.4 is 10.5 Å². The molecule has 42 heavy (non-hydrogen) atoms. The molecule has 1 saturated heterocycles. The molecule has 0 bridgehead atoms. The zero-order valence-corrected chi connectivity index (χ0v) is 23.6. The second-order valence-corrected chi connectivity index (χ2v) is 11.3. The average molecular weight is 597 g/mol. The number of carbonyl (C=O) groups excluding carboxylic acids is 1. The fraction of sp³-hybridized carbons (Fsp3) is 0.517. The van der Waals surface area contributed by atoms with Crippen LogP contribution in [-0.2, 0) is 11.2 Å². The van der Waals surface area contributed by atoms with Crippen molar-refractivity contribution in [2.24, 2.45) is 0 Å². The van der Waals surface area contributed by atoms with Crippen molar-refractivity contribution in [2.45, 2.75) is 57.0 Å². The van der Waals surface area contributed by atoms with Gasteiger partial charge in [-0.05, 0) is 44.4 Å². The highest BCUT2D eigenvalue weighted by atomic mass is 19.4. The smallest absolute Gasteiger partial charge is 0.417 e. The zero-order chi connectivity index (χ0) is 30.3. The van der Waals surface area contributed by atoms with Gasteiger partial charge in [0, 0.05) is 62.9 Å². The molecule has 2 aromatic carbocycles. The lowest BCUT2D eigenvalue weighted by Crippen LogP contribution is -2.47. The minimum absolute atomic E-state index is 0.0406. The lowest BCUT2D eigenvalue weighted by Gasteiger charge is -2.42. The Labute approximate surface area is 239 Å². The summed E-state index contributed by atoms with van der Waals surface area (Å²) in [5.41, 5.74) is 0.653. The minimum atomic E-state index is -4.63. The van der Waals surface area contributed by atoms with Gasteiger partial charge in [0.05, 0.1) is 18.1 Å². The van der Waals surface area contributed by atoms with Crippen molar-refractivity contribution in [3.05, 3.63) is 63.1 Å². The first kappa shape index (κ1) is 30.0. The molecule has 0 saturated carbocycles. The molecule has 1 fully saturated rings. The van der Waals surface area contributed by atoms with E-state index in [1.165, 1.54) is 17.0 Å². The van der Waals surface area contributed by atoms with E-state index in [2.05, 4.69) is 9.88 Å². The van der Waals surface area contributed by atoms with Gasteiger partial charge in [-0.1, -0.05) is 6.07 Å². The summed E-state index contributed by atoms with van der Waals surface area (Å²) in [6.07, 6.45) is -3.15. The number of ether oxygens (including phenoxy) is 1. The first-order valence-corrected chi connectivity index (χ1v) is 13.9. The maximum Gasteiger partial charge on any atom is 0.417 e. The van der Waals surface area contributed by atoms with Crippen LogP contribution in [0.4, 0.5) is 22.0 Å². The molecule has 3 atom stereocenters. The number of aromatic nitrogens is 1. The molecule has 0 radical (unpaired) electrons. The van der Waals surface area contributed by atoms with Crippen molar-refractivity contribution in [1.29, 1.82) is 0 Å². The van der Waals surface area contributed by atoms with Crippen LogP contribution >= 0.6 is 0 Å². The number of alkyl halides is 3. The van der Waals surface area contributed by atoms with Crippen molar-refractivity contribution < 1.29 is 35.9 Å². The molecular weight excluding hydrogens is 563 g/mol. The van der Waals surface area contributed by atoms with Crippen molar-refractivity contribution in [1.82, 2.24) is 19.7 Å². The summed E-state index contributed by atoms with van der Waals surface area (Å²) in [6, 6.07) is 2.76. The maximum absolute atomic E-state index is 15.7. The molecule has 2 aliphatic heterocycles. The molecule has 228 valence electrons. The number of amides is 1. The highest BCUT2D eigenvalue weighted by molar-refractivity contribution is 5.78. The van der Waals surface area contributed by atoms with Crippen LogP contribution in [0.15, 0.2) is 33.5 Å². The highest BCUT2D eigenvalue weighted by Gasteiger charge is 2.43. The summed E-state index contributed by atoms with van der Waals surface area (Å²) in [4.78, 5) is 30.8. The summed E-state index contributed by atoms with van der Waals surface area (Å²) in [6.45, 7) is 2.07. The Kier molecular flexibility index (Phi) is 8.35. The van der Waals surface area contributed by atoms with Gasteiger partial charge in [0.2, 0.25) is 5.91 Å². The number of nitrogens with zero attached hydrogens (tertiary/aromatic N) is 3. The Balaban J connectivity index is 1.40. The van der Waals surface area contributed by atoms with Gasteiger partial charge in [-0.25, -0.2) is 13.6 Å². The first-order valence-electron chi connectivity index (χ1n) is 13.9. The van der Waals surface area contributed by atoms with E-state index in [-0.39, 0.29) is 35.3 Å². The van der Waals surface area contributed by atoms with E-state index < -0.39 is 47.8 Å². The van der Waals surface area contributed by atoms with Crippen LogP contribution in [0.5, 0.6) is 5.75 Å². The number of H-pyrrole nitrogens is 1. The highest BCUT2D eigenvalue weighted by Crippen LogP contribution is 2.44. The van der Waals surface area contributed by atoms with Crippen molar-refractivity contribution in [2.75, 3.05) is 40.3 Å². The molecule has 1 N–H and O–H groups in total. The van der Waals surface area contributed by atoms with Crippen molar-refractivity contribution in [3.8, 4) is 5.75 Å². The third-order valence-corrected chi connectivity index (χ3v) is 8.00. The van der Waals surface area contributed by atoms with E-state index >= 15 is 8.78 Å². The quantitative estimate of drug-likeness (QED) is 0.383. The Morgan fingerprint density at radius 3 is 2.57 bits per heavy atom. The largest absolute Gasteiger partial charge is 0.489 e. The van der Waals surface area contributed by atoms with E-state index in [1.54, 1.807) is 21.0 Å². The predicted molar refractivity (Wildman–Crippen MR) is 144 cm³/mol. The van der Waals surface area contributed by atoms with Gasteiger partial charge in [-0.15, -0.1) is 0 Å². The molecule has 3 aromatic rings. The van der Waals surface area contributed by atoms with Crippen LogP contribution in [0, 0.1) is 11.6 Å². The molecule has 3 heterocycles. The molecule has 0 unspecified atom stereocenters. The Hall–Kier alpha value is -3.45. The van der Waals surface area contributed by atoms with Gasteiger partial charge in [-0.3, -0.25) is 19.6 Å². The van der Waals surface area contributed by atoms with Crippen LogP contribution in [0.3, 0.4) is 0 Å². The zero-order valence-electron chi connectivity index (χ0n) is 23.6. The van der Waals surface area contributed by atoms with Crippen molar-refractivity contribution in [3.63, 3.8) is 0 Å². The van der Waals surface area contributed by atoms with Crippen molar-refractivity contribution >= 4 is 17.0 Å². The topological polar surface area (TPSA) is 82.0 Å². The number of hydrogen-bond donors (Lipinski definition) is 1. The average Bonchev–Trinajstić information content (AvgIpc) is 3.50. The summed E-state index contributed by atoms with van der Waals surface area (Å²) in [5.74, 6) is -2.81. The summed E-state index contributed by atoms with van der Waals surface area (Å²) in [5, 5.41) is 0. The minimum Gasteiger partial charge on any atom is -0.489 e. The van der Waals surface area contributed by atoms with E-state index in [1.807, 2.05) is 0 Å². The number of rotatable bonds is 8. The molecule has 0 spiro atoms. The fourth-order valence-corrected chi connectivity index (χ4v) is 6.03.